The van der Waals surface area contributed by atoms with Gasteiger partial charge in [0, 0.05) is 7.11 Å². The van der Waals surface area contributed by atoms with Gasteiger partial charge in [0.25, 0.3) is 0 Å². The quantitative estimate of drug-likeness (QED) is 0.365. The number of anilines is 1. The van der Waals surface area contributed by atoms with Gasteiger partial charge in [-0.3, -0.25) is 14.5 Å². The van der Waals surface area contributed by atoms with E-state index in [1.165, 1.54) is 4.90 Å². The van der Waals surface area contributed by atoms with Crippen molar-refractivity contribution in [2.75, 3.05) is 38.4 Å². The molecule has 0 bridgehead atoms. The maximum Gasteiger partial charge on any atom is 0.321 e. The van der Waals surface area contributed by atoms with Gasteiger partial charge in [-0.15, -0.1) is 0 Å². The fourth-order valence-electron chi connectivity index (χ4n) is 4.22. The topological polar surface area (TPSA) is 82.9 Å². The van der Waals surface area contributed by atoms with Crippen LogP contribution in [-0.2, 0) is 19.1 Å². The van der Waals surface area contributed by atoms with Crippen LogP contribution in [0.25, 0.3) is 11.0 Å². The summed E-state index contributed by atoms with van der Waals surface area (Å²) in [4.78, 5) is 33.1. The molecule has 33 heavy (non-hydrogen) atoms. The van der Waals surface area contributed by atoms with Crippen LogP contribution in [0.1, 0.15) is 31.9 Å². The van der Waals surface area contributed by atoms with Crippen molar-refractivity contribution in [3.8, 4) is 5.75 Å². The van der Waals surface area contributed by atoms with E-state index in [1.54, 1.807) is 14.0 Å². The first-order chi connectivity index (χ1) is 16.1. The van der Waals surface area contributed by atoms with Crippen molar-refractivity contribution < 1.29 is 23.8 Å². The number of carbonyl (C=O) groups is 2. The van der Waals surface area contributed by atoms with Crippen LogP contribution in [0.15, 0.2) is 48.5 Å². The second-order valence-electron chi connectivity index (χ2n) is 7.85. The number of nitrogens with zero attached hydrogens (tertiary/aromatic N) is 3. The summed E-state index contributed by atoms with van der Waals surface area (Å²) in [5, 5.41) is 0. The first-order valence-corrected chi connectivity index (χ1v) is 11.3. The third-order valence-electron chi connectivity index (χ3n) is 5.70. The van der Waals surface area contributed by atoms with E-state index in [0.717, 1.165) is 28.8 Å². The van der Waals surface area contributed by atoms with E-state index in [4.69, 9.17) is 19.2 Å². The molecule has 2 heterocycles. The SMILES string of the molecule is CCCOc1ccc([C@@H]2[C@H](C(=O)OCC)C(=O)N(CCOC)c3nc4ccccc4n32)cc1. The minimum Gasteiger partial charge on any atom is -0.494 e. The normalized spacial score (nSPS) is 17.8. The van der Waals surface area contributed by atoms with Gasteiger partial charge in [-0.1, -0.05) is 31.2 Å². The molecule has 3 aromatic rings. The smallest absolute Gasteiger partial charge is 0.321 e. The molecule has 0 fully saturated rings. The number of rotatable bonds is 9. The molecule has 0 aliphatic carbocycles. The minimum absolute atomic E-state index is 0.189. The minimum atomic E-state index is -1.05. The van der Waals surface area contributed by atoms with E-state index in [9.17, 15) is 9.59 Å². The molecule has 8 nitrogen and oxygen atoms in total. The number of imidazole rings is 1. The average molecular weight is 452 g/mol. The van der Waals surface area contributed by atoms with Crippen molar-refractivity contribution in [1.82, 2.24) is 9.55 Å². The maximum atomic E-state index is 13.7. The number of aromatic nitrogens is 2. The summed E-state index contributed by atoms with van der Waals surface area (Å²) >= 11 is 0. The molecule has 1 aliphatic heterocycles. The van der Waals surface area contributed by atoms with Crippen molar-refractivity contribution in [1.29, 1.82) is 0 Å². The first kappa shape index (κ1) is 22.8. The predicted molar refractivity (Wildman–Crippen MR) is 124 cm³/mol. The lowest BCUT2D eigenvalue weighted by molar-refractivity contribution is -0.153. The number of hydrogen-bond donors (Lipinski definition) is 0. The Kier molecular flexibility index (Phi) is 6.93. The Morgan fingerprint density at radius 1 is 1.06 bits per heavy atom. The summed E-state index contributed by atoms with van der Waals surface area (Å²) in [5.74, 6) is -0.702. The number of benzene rings is 2. The molecule has 174 valence electrons. The molecular formula is C25H29N3O5. The van der Waals surface area contributed by atoms with Gasteiger partial charge in [0.1, 0.15) is 5.75 Å². The van der Waals surface area contributed by atoms with Crippen molar-refractivity contribution in [2.45, 2.75) is 26.3 Å². The van der Waals surface area contributed by atoms with Gasteiger partial charge >= 0.3 is 5.97 Å². The highest BCUT2D eigenvalue weighted by molar-refractivity contribution is 6.08. The standard InChI is InChI=1S/C25H29N3O5/c1-4-15-33-18-12-10-17(11-13-18)22-21(24(30)32-5-2)23(29)27(14-16-31-3)25-26-19-8-6-7-9-20(19)28(22)25/h6-13,21-22H,4-5,14-16H2,1-3H3/t21-,22+/m0/s1. The molecule has 2 aromatic carbocycles. The maximum absolute atomic E-state index is 13.7. The second-order valence-corrected chi connectivity index (χ2v) is 7.85. The summed E-state index contributed by atoms with van der Waals surface area (Å²) in [5.41, 5.74) is 2.40. The molecule has 4 rings (SSSR count). The summed E-state index contributed by atoms with van der Waals surface area (Å²) < 4.78 is 18.3. The molecule has 0 saturated heterocycles. The highest BCUT2D eigenvalue weighted by atomic mass is 16.5. The van der Waals surface area contributed by atoms with Gasteiger partial charge in [-0.05, 0) is 43.2 Å². The predicted octanol–water partition coefficient (Wildman–Crippen LogP) is 3.59. The molecule has 0 radical (unpaired) electrons. The fraction of sp³-hybridized carbons (Fsp3) is 0.400. The zero-order valence-corrected chi connectivity index (χ0v) is 19.2. The third kappa shape index (κ3) is 4.30. The van der Waals surface area contributed by atoms with Crippen LogP contribution in [0, 0.1) is 5.92 Å². The molecule has 0 unspecified atom stereocenters. The lowest BCUT2D eigenvalue weighted by atomic mass is 9.89. The van der Waals surface area contributed by atoms with Gasteiger partial charge in [-0.25, -0.2) is 4.98 Å². The number of methoxy groups -OCH3 is 1. The third-order valence-corrected chi connectivity index (χ3v) is 5.70. The molecule has 0 spiro atoms. The number of ether oxygens (including phenoxy) is 3. The number of fused-ring (bicyclic) bond motifs is 3. The van der Waals surface area contributed by atoms with E-state index in [0.29, 0.717) is 19.2 Å². The molecule has 1 amide bonds. The second kappa shape index (κ2) is 10.0. The Bertz CT molecular complexity index is 1120. The molecule has 2 atom stereocenters. The van der Waals surface area contributed by atoms with Gasteiger partial charge in [0.2, 0.25) is 11.9 Å². The fourth-order valence-corrected chi connectivity index (χ4v) is 4.22. The van der Waals surface area contributed by atoms with Crippen molar-refractivity contribution >= 4 is 28.9 Å². The zero-order valence-electron chi connectivity index (χ0n) is 19.2. The van der Waals surface area contributed by atoms with Crippen LogP contribution in [0.5, 0.6) is 5.75 Å². The lowest BCUT2D eigenvalue weighted by Crippen LogP contribution is -2.51. The van der Waals surface area contributed by atoms with Crippen LogP contribution >= 0.6 is 0 Å². The molecule has 0 saturated carbocycles. The highest BCUT2D eigenvalue weighted by Crippen LogP contribution is 2.41. The Morgan fingerprint density at radius 3 is 2.52 bits per heavy atom. The summed E-state index contributed by atoms with van der Waals surface area (Å²) in [6.07, 6.45) is 0.908. The Labute approximate surface area is 193 Å². The largest absolute Gasteiger partial charge is 0.494 e. The van der Waals surface area contributed by atoms with Gasteiger partial charge in [0.15, 0.2) is 5.92 Å². The number of esters is 1. The van der Waals surface area contributed by atoms with Crippen LogP contribution in [0.2, 0.25) is 0 Å². The van der Waals surface area contributed by atoms with Crippen LogP contribution in [0.3, 0.4) is 0 Å². The molecular weight excluding hydrogens is 422 g/mol. The van der Waals surface area contributed by atoms with Crippen LogP contribution in [0.4, 0.5) is 5.95 Å². The summed E-state index contributed by atoms with van der Waals surface area (Å²) in [6, 6.07) is 14.6. The molecule has 1 aromatic heterocycles. The molecule has 0 N–H and O–H groups in total. The van der Waals surface area contributed by atoms with Crippen LogP contribution < -0.4 is 9.64 Å². The number of carbonyl (C=O) groups excluding carboxylic acids is 2. The number of hydrogen-bond acceptors (Lipinski definition) is 6. The van der Waals surface area contributed by atoms with E-state index in [2.05, 4.69) is 0 Å². The van der Waals surface area contributed by atoms with Crippen molar-refractivity contribution in [3.63, 3.8) is 0 Å². The van der Waals surface area contributed by atoms with Gasteiger partial charge in [-0.2, -0.15) is 0 Å². The Morgan fingerprint density at radius 2 is 1.82 bits per heavy atom. The summed E-state index contributed by atoms with van der Waals surface area (Å²) in [6.45, 7) is 5.20. The molecule has 8 heteroatoms. The van der Waals surface area contributed by atoms with Crippen molar-refractivity contribution in [3.05, 3.63) is 54.1 Å². The van der Waals surface area contributed by atoms with Gasteiger partial charge in [0.05, 0.1) is 43.4 Å². The first-order valence-electron chi connectivity index (χ1n) is 11.3. The Hall–Kier alpha value is -3.39. The van der Waals surface area contributed by atoms with E-state index < -0.39 is 17.9 Å². The van der Waals surface area contributed by atoms with E-state index >= 15 is 0 Å². The monoisotopic (exact) mass is 451 g/mol. The highest BCUT2D eigenvalue weighted by Gasteiger charge is 2.47. The average Bonchev–Trinajstić information content (AvgIpc) is 3.21. The number of amides is 1. The summed E-state index contributed by atoms with van der Waals surface area (Å²) in [7, 11) is 1.57. The number of para-hydroxylation sites is 2. The lowest BCUT2D eigenvalue weighted by Gasteiger charge is -2.37. The van der Waals surface area contributed by atoms with E-state index in [1.807, 2.05) is 60.0 Å². The zero-order chi connectivity index (χ0) is 23.4. The van der Waals surface area contributed by atoms with E-state index in [-0.39, 0.29) is 19.1 Å². The van der Waals surface area contributed by atoms with Gasteiger partial charge < -0.3 is 18.8 Å². The van der Waals surface area contributed by atoms with Crippen molar-refractivity contribution in [2.24, 2.45) is 5.92 Å². The Balaban J connectivity index is 1.88. The van der Waals surface area contributed by atoms with Crippen LogP contribution in [-0.4, -0.2) is 54.9 Å². The molecule has 1 aliphatic rings.